The molecule has 0 bridgehead atoms. The summed E-state index contributed by atoms with van der Waals surface area (Å²) in [5.74, 6) is -0.868. The van der Waals surface area contributed by atoms with Crippen molar-refractivity contribution < 1.29 is 28.6 Å². The molecule has 0 radical (unpaired) electrons. The summed E-state index contributed by atoms with van der Waals surface area (Å²) in [5.41, 5.74) is 0. The molecule has 0 heterocycles. The molecule has 6 heteroatoms. The fraction of sp³-hybridized carbons (Fsp3) is 0.851. The molecule has 0 rings (SSSR count). The Balaban J connectivity index is 4.22. The summed E-state index contributed by atoms with van der Waals surface area (Å²) in [6, 6.07) is 0. The Kier molecular flexibility index (Phi) is 66.6. The van der Waals surface area contributed by atoms with Crippen molar-refractivity contribution in [2.75, 3.05) is 13.2 Å². The molecule has 0 saturated heterocycles. The van der Waals surface area contributed by atoms with E-state index in [1.54, 1.807) is 0 Å². The van der Waals surface area contributed by atoms with E-state index in [9.17, 15) is 14.4 Å². The summed E-state index contributed by atoms with van der Waals surface area (Å²) in [4.78, 5) is 38.4. The second kappa shape index (κ2) is 68.9. The first kappa shape index (κ1) is 77.4. The predicted molar refractivity (Wildman–Crippen MR) is 349 cm³/mol. The summed E-state index contributed by atoms with van der Waals surface area (Å²) in [7, 11) is 0. The Bertz CT molecular complexity index is 1380. The van der Waals surface area contributed by atoms with Crippen LogP contribution in [0.3, 0.4) is 0 Å². The van der Waals surface area contributed by atoms with Gasteiger partial charge in [-0.05, 0) is 83.5 Å². The molecule has 6 nitrogen and oxygen atoms in total. The van der Waals surface area contributed by atoms with Gasteiger partial charge in [-0.1, -0.05) is 333 Å². The molecule has 1 atom stereocenters. The molecule has 0 aliphatic rings. The van der Waals surface area contributed by atoms with Gasteiger partial charge >= 0.3 is 17.9 Å². The molecular formula is C74H136O6. The van der Waals surface area contributed by atoms with Crippen LogP contribution < -0.4 is 0 Å². The molecule has 0 aromatic heterocycles. The fourth-order valence-corrected chi connectivity index (χ4v) is 10.7. The van der Waals surface area contributed by atoms with Gasteiger partial charge in [-0.25, -0.2) is 0 Å². The van der Waals surface area contributed by atoms with Crippen molar-refractivity contribution in [3.05, 3.63) is 48.6 Å². The van der Waals surface area contributed by atoms with Gasteiger partial charge in [-0.15, -0.1) is 0 Å². The number of unbranched alkanes of at least 4 members (excludes halogenated alkanes) is 47. The lowest BCUT2D eigenvalue weighted by Gasteiger charge is -2.18. The number of carbonyl (C=O) groups excluding carboxylic acids is 3. The molecule has 0 N–H and O–H groups in total. The van der Waals surface area contributed by atoms with Gasteiger partial charge in [-0.2, -0.15) is 0 Å². The number of rotatable bonds is 66. The van der Waals surface area contributed by atoms with E-state index in [4.69, 9.17) is 14.2 Å². The predicted octanol–water partition coefficient (Wildman–Crippen LogP) is 24.5. The molecule has 0 aliphatic heterocycles. The van der Waals surface area contributed by atoms with E-state index in [1.807, 2.05) is 0 Å². The van der Waals surface area contributed by atoms with Gasteiger partial charge in [0.25, 0.3) is 0 Å². The third kappa shape index (κ3) is 66.2. The van der Waals surface area contributed by atoms with E-state index in [0.717, 1.165) is 83.5 Å². The van der Waals surface area contributed by atoms with Crippen LogP contribution in [0.2, 0.25) is 0 Å². The van der Waals surface area contributed by atoms with E-state index >= 15 is 0 Å². The van der Waals surface area contributed by atoms with Crippen molar-refractivity contribution in [3.63, 3.8) is 0 Å². The van der Waals surface area contributed by atoms with E-state index in [-0.39, 0.29) is 31.1 Å². The number of hydrogen-bond donors (Lipinski definition) is 0. The highest BCUT2D eigenvalue weighted by atomic mass is 16.6. The number of allylic oxidation sites excluding steroid dienone is 8. The van der Waals surface area contributed by atoms with Crippen LogP contribution >= 0.6 is 0 Å². The second-order valence-corrected chi connectivity index (χ2v) is 24.1. The maximum Gasteiger partial charge on any atom is 0.306 e. The average Bonchev–Trinajstić information content (AvgIpc) is 3.46. The summed E-state index contributed by atoms with van der Waals surface area (Å²) in [5, 5.41) is 0. The minimum atomic E-state index is -0.780. The summed E-state index contributed by atoms with van der Waals surface area (Å²) in [6.45, 7) is 6.66. The Hall–Kier alpha value is -2.63. The topological polar surface area (TPSA) is 78.9 Å². The first-order valence-corrected chi connectivity index (χ1v) is 35.6. The highest BCUT2D eigenvalue weighted by Gasteiger charge is 2.19. The van der Waals surface area contributed by atoms with E-state index in [2.05, 4.69) is 69.4 Å². The Morgan fingerprint density at radius 2 is 0.450 bits per heavy atom. The van der Waals surface area contributed by atoms with Crippen LogP contribution in [0.4, 0.5) is 0 Å². The van der Waals surface area contributed by atoms with Crippen LogP contribution in [-0.4, -0.2) is 37.2 Å². The van der Waals surface area contributed by atoms with Crippen molar-refractivity contribution in [1.29, 1.82) is 0 Å². The standard InChI is InChI=1S/C74H136O6/c1-4-7-10-13-16-19-22-25-27-29-31-33-35-36-37-38-40-41-43-45-47-49-52-55-58-61-64-67-73(76)79-70-71(69-78-72(75)66-63-60-57-54-51-24-21-18-15-12-9-6-3)80-74(77)68-65-62-59-56-53-50-48-46-44-42-39-34-32-30-28-26-23-20-17-14-11-8-5-2/h18,21,23,26,30,32,39,42,71H,4-17,19-20,22,24-25,27-29,31,33-38,40-41,43-70H2,1-3H3/b21-18-,26-23-,32-30-,42-39-. The minimum Gasteiger partial charge on any atom is -0.462 e. The van der Waals surface area contributed by atoms with Crippen molar-refractivity contribution in [1.82, 2.24) is 0 Å². The average molecular weight is 1120 g/mol. The maximum absolute atomic E-state index is 12.9. The second-order valence-electron chi connectivity index (χ2n) is 24.1. The fourth-order valence-electron chi connectivity index (χ4n) is 10.7. The summed E-state index contributed by atoms with van der Waals surface area (Å²) < 4.78 is 17.0. The van der Waals surface area contributed by atoms with Crippen molar-refractivity contribution in [2.45, 2.75) is 393 Å². The SMILES string of the molecule is CCCCC/C=C\CCCCCCCC(=O)OCC(COC(=O)CCCCCCCCCCCCCCCCCCCCCCCCCCCCC)OC(=O)CCCCCCCCCC/C=C\C/C=C\C/C=C\CCCCCCC. The van der Waals surface area contributed by atoms with Gasteiger partial charge < -0.3 is 14.2 Å². The first-order chi connectivity index (χ1) is 39.5. The lowest BCUT2D eigenvalue weighted by atomic mass is 10.0. The van der Waals surface area contributed by atoms with E-state index in [0.29, 0.717) is 19.3 Å². The summed E-state index contributed by atoms with van der Waals surface area (Å²) >= 11 is 0. The third-order valence-corrected chi connectivity index (χ3v) is 16.1. The molecule has 80 heavy (non-hydrogen) atoms. The molecular weight excluding hydrogens is 985 g/mol. The van der Waals surface area contributed by atoms with Gasteiger partial charge in [0.2, 0.25) is 0 Å². The molecule has 0 aromatic rings. The molecule has 0 aromatic carbocycles. The van der Waals surface area contributed by atoms with Crippen LogP contribution in [0.25, 0.3) is 0 Å². The maximum atomic E-state index is 12.9. The number of ether oxygens (including phenoxy) is 3. The zero-order valence-electron chi connectivity index (χ0n) is 53.9. The van der Waals surface area contributed by atoms with Crippen LogP contribution in [0, 0.1) is 0 Å². The van der Waals surface area contributed by atoms with Gasteiger partial charge in [0.15, 0.2) is 6.10 Å². The van der Waals surface area contributed by atoms with E-state index < -0.39 is 6.10 Å². The zero-order valence-corrected chi connectivity index (χ0v) is 53.9. The quantitative estimate of drug-likeness (QED) is 0.0261. The van der Waals surface area contributed by atoms with Crippen molar-refractivity contribution in [3.8, 4) is 0 Å². The number of esters is 3. The Morgan fingerprint density at radius 1 is 0.250 bits per heavy atom. The Labute approximate surface area is 498 Å². The van der Waals surface area contributed by atoms with Gasteiger partial charge in [-0.3, -0.25) is 14.4 Å². The molecule has 0 fully saturated rings. The third-order valence-electron chi connectivity index (χ3n) is 16.1. The smallest absolute Gasteiger partial charge is 0.306 e. The lowest BCUT2D eigenvalue weighted by Crippen LogP contribution is -2.30. The Morgan fingerprint density at radius 3 is 0.738 bits per heavy atom. The number of hydrogen-bond acceptors (Lipinski definition) is 6. The molecule has 0 saturated carbocycles. The first-order valence-electron chi connectivity index (χ1n) is 35.6. The largest absolute Gasteiger partial charge is 0.462 e. The van der Waals surface area contributed by atoms with Gasteiger partial charge in [0, 0.05) is 19.3 Å². The summed E-state index contributed by atoms with van der Waals surface area (Å²) in [6.07, 6.45) is 87.2. The van der Waals surface area contributed by atoms with Crippen LogP contribution in [0.1, 0.15) is 387 Å². The van der Waals surface area contributed by atoms with Crippen LogP contribution in [-0.2, 0) is 28.6 Å². The monoisotopic (exact) mass is 1120 g/mol. The van der Waals surface area contributed by atoms with Gasteiger partial charge in [0.05, 0.1) is 0 Å². The highest BCUT2D eigenvalue weighted by molar-refractivity contribution is 5.71. The van der Waals surface area contributed by atoms with Gasteiger partial charge in [0.1, 0.15) is 13.2 Å². The van der Waals surface area contributed by atoms with Crippen molar-refractivity contribution >= 4 is 17.9 Å². The molecule has 1 unspecified atom stereocenters. The molecule has 0 aliphatic carbocycles. The van der Waals surface area contributed by atoms with Crippen molar-refractivity contribution in [2.24, 2.45) is 0 Å². The van der Waals surface area contributed by atoms with Crippen LogP contribution in [0.5, 0.6) is 0 Å². The minimum absolute atomic E-state index is 0.0749. The molecule has 468 valence electrons. The highest BCUT2D eigenvalue weighted by Crippen LogP contribution is 2.18. The molecule has 0 spiro atoms. The molecule has 0 amide bonds. The van der Waals surface area contributed by atoms with Crippen LogP contribution in [0.15, 0.2) is 48.6 Å². The number of carbonyl (C=O) groups is 3. The lowest BCUT2D eigenvalue weighted by molar-refractivity contribution is -0.167. The zero-order chi connectivity index (χ0) is 57.8. The normalized spacial score (nSPS) is 12.3. The van der Waals surface area contributed by atoms with E-state index in [1.165, 1.54) is 263 Å².